The largest absolute Gasteiger partial charge is 0.318 e. The monoisotopic (exact) mass is 287 g/mol. The van der Waals surface area contributed by atoms with Gasteiger partial charge in [0.2, 0.25) is 0 Å². The Kier molecular flexibility index (Phi) is 4.03. The zero-order valence-corrected chi connectivity index (χ0v) is 13.0. The molecule has 0 aliphatic carbocycles. The van der Waals surface area contributed by atoms with E-state index in [1.54, 1.807) is 11.3 Å². The molecule has 1 aromatic heterocycles. The lowest BCUT2D eigenvalue weighted by atomic mass is 10.0. The van der Waals surface area contributed by atoms with Crippen molar-refractivity contribution in [2.24, 2.45) is 0 Å². The van der Waals surface area contributed by atoms with Crippen molar-refractivity contribution in [1.29, 1.82) is 0 Å². The van der Waals surface area contributed by atoms with Gasteiger partial charge in [-0.25, -0.2) is 4.98 Å². The molecule has 2 aromatic rings. The Hall–Kier alpha value is -1.39. The van der Waals surface area contributed by atoms with Gasteiger partial charge in [-0.05, 0) is 37.9 Å². The number of anilines is 2. The van der Waals surface area contributed by atoms with Crippen molar-refractivity contribution < 1.29 is 0 Å². The Morgan fingerprint density at radius 2 is 2.30 bits per heavy atom. The number of nitrogens with one attached hydrogen (secondary N) is 1. The fourth-order valence-electron chi connectivity index (χ4n) is 2.68. The molecule has 1 aromatic carbocycles. The second-order valence-corrected chi connectivity index (χ2v) is 6.37. The van der Waals surface area contributed by atoms with Gasteiger partial charge in [0.1, 0.15) is 0 Å². The Labute approximate surface area is 124 Å². The van der Waals surface area contributed by atoms with Gasteiger partial charge < -0.3 is 10.2 Å². The zero-order chi connectivity index (χ0) is 13.9. The van der Waals surface area contributed by atoms with Gasteiger partial charge in [-0.15, -0.1) is 11.3 Å². The van der Waals surface area contributed by atoms with Gasteiger partial charge in [0, 0.05) is 29.9 Å². The average Bonchev–Trinajstić information content (AvgIpc) is 2.92. The van der Waals surface area contributed by atoms with Gasteiger partial charge in [0.05, 0.1) is 0 Å². The Bertz CT molecular complexity index is 591. The number of hydrogen-bond donors (Lipinski definition) is 1. The molecule has 20 heavy (non-hydrogen) atoms. The third-order valence-electron chi connectivity index (χ3n) is 3.68. The molecule has 0 atom stereocenters. The van der Waals surface area contributed by atoms with E-state index in [4.69, 9.17) is 0 Å². The number of nitrogens with zero attached hydrogens (tertiary/aromatic N) is 2. The molecule has 3 rings (SSSR count). The van der Waals surface area contributed by atoms with E-state index in [9.17, 15) is 0 Å². The maximum Gasteiger partial charge on any atom is 0.190 e. The number of aromatic nitrogens is 1. The van der Waals surface area contributed by atoms with Crippen LogP contribution in [0.5, 0.6) is 0 Å². The molecule has 0 amide bonds. The summed E-state index contributed by atoms with van der Waals surface area (Å²) in [5, 5.41) is 4.49. The number of hydrogen-bond acceptors (Lipinski definition) is 4. The minimum atomic E-state index is 0.919. The first-order chi connectivity index (χ1) is 9.78. The highest BCUT2D eigenvalue weighted by atomic mass is 32.1. The highest BCUT2D eigenvalue weighted by Gasteiger charge is 2.20. The van der Waals surface area contributed by atoms with E-state index in [0.29, 0.717) is 0 Å². The Morgan fingerprint density at radius 3 is 3.15 bits per heavy atom. The molecular weight excluding hydrogens is 266 g/mol. The summed E-state index contributed by atoms with van der Waals surface area (Å²) in [4.78, 5) is 8.30. The van der Waals surface area contributed by atoms with Crippen molar-refractivity contribution in [2.75, 3.05) is 18.0 Å². The standard InChI is InChI=1S/C16H21N3S/c1-3-17-10-14-11-18-16(20-14)19-8-4-5-13-9-12(2)6-7-15(13)19/h6-7,9,11,17H,3-5,8,10H2,1-2H3. The van der Waals surface area contributed by atoms with Gasteiger partial charge in [0.15, 0.2) is 5.13 Å². The summed E-state index contributed by atoms with van der Waals surface area (Å²) in [7, 11) is 0. The fraction of sp³-hybridized carbons (Fsp3) is 0.438. The molecule has 2 heterocycles. The van der Waals surface area contributed by atoms with E-state index < -0.39 is 0 Å². The van der Waals surface area contributed by atoms with E-state index in [0.717, 1.165) is 24.8 Å². The lowest BCUT2D eigenvalue weighted by Crippen LogP contribution is -2.24. The van der Waals surface area contributed by atoms with Crippen LogP contribution in [-0.4, -0.2) is 18.1 Å². The van der Waals surface area contributed by atoms with Gasteiger partial charge >= 0.3 is 0 Å². The molecule has 0 radical (unpaired) electrons. The lowest BCUT2D eigenvalue weighted by Gasteiger charge is -2.29. The van der Waals surface area contributed by atoms with Crippen LogP contribution in [0, 0.1) is 6.92 Å². The second kappa shape index (κ2) is 5.94. The molecular formula is C16H21N3S. The van der Waals surface area contributed by atoms with Gasteiger partial charge in [0.25, 0.3) is 0 Å². The summed E-state index contributed by atoms with van der Waals surface area (Å²) >= 11 is 1.80. The molecule has 4 heteroatoms. The third-order valence-corrected chi connectivity index (χ3v) is 4.70. The predicted octanol–water partition coefficient (Wildman–Crippen LogP) is 3.65. The van der Waals surface area contributed by atoms with Crippen molar-refractivity contribution in [3.63, 3.8) is 0 Å². The minimum absolute atomic E-state index is 0.919. The molecule has 3 nitrogen and oxygen atoms in total. The molecule has 0 saturated carbocycles. The summed E-state index contributed by atoms with van der Waals surface area (Å²) < 4.78 is 0. The number of fused-ring (bicyclic) bond motifs is 1. The van der Waals surface area contributed by atoms with Crippen LogP contribution in [0.1, 0.15) is 29.3 Å². The van der Waals surface area contributed by atoms with E-state index in [-0.39, 0.29) is 0 Å². The first-order valence-corrected chi connectivity index (χ1v) is 8.12. The fourth-order valence-corrected chi connectivity index (χ4v) is 3.60. The third kappa shape index (κ3) is 2.72. The first-order valence-electron chi connectivity index (χ1n) is 7.30. The topological polar surface area (TPSA) is 28.2 Å². The first kappa shape index (κ1) is 13.6. The van der Waals surface area contributed by atoms with Crippen LogP contribution in [0.3, 0.4) is 0 Å². The van der Waals surface area contributed by atoms with Gasteiger partial charge in [-0.1, -0.05) is 24.6 Å². The highest BCUT2D eigenvalue weighted by molar-refractivity contribution is 7.15. The van der Waals surface area contributed by atoms with Crippen molar-refractivity contribution in [1.82, 2.24) is 10.3 Å². The van der Waals surface area contributed by atoms with Crippen molar-refractivity contribution in [3.8, 4) is 0 Å². The van der Waals surface area contributed by atoms with E-state index in [2.05, 4.69) is 47.2 Å². The summed E-state index contributed by atoms with van der Waals surface area (Å²) in [6.07, 6.45) is 4.40. The summed E-state index contributed by atoms with van der Waals surface area (Å²) in [5.74, 6) is 0. The Morgan fingerprint density at radius 1 is 1.40 bits per heavy atom. The van der Waals surface area contributed by atoms with Crippen LogP contribution in [0.25, 0.3) is 0 Å². The van der Waals surface area contributed by atoms with Crippen molar-refractivity contribution >= 4 is 22.2 Å². The smallest absolute Gasteiger partial charge is 0.190 e. The normalized spacial score (nSPS) is 14.4. The molecule has 0 fully saturated rings. The predicted molar refractivity (Wildman–Crippen MR) is 86.0 cm³/mol. The summed E-state index contributed by atoms with van der Waals surface area (Å²) in [6.45, 7) is 7.29. The van der Waals surface area contributed by atoms with Gasteiger partial charge in [-0.3, -0.25) is 0 Å². The number of rotatable bonds is 4. The SMILES string of the molecule is CCNCc1cnc(N2CCCc3cc(C)ccc32)s1. The molecule has 1 aliphatic heterocycles. The number of thiazole rings is 1. The number of aryl methyl sites for hydroxylation is 2. The van der Waals surface area contributed by atoms with Gasteiger partial charge in [-0.2, -0.15) is 0 Å². The zero-order valence-electron chi connectivity index (χ0n) is 12.1. The van der Waals surface area contributed by atoms with Crippen LogP contribution < -0.4 is 10.2 Å². The average molecular weight is 287 g/mol. The lowest BCUT2D eigenvalue weighted by molar-refractivity contribution is 0.734. The molecule has 0 bridgehead atoms. The van der Waals surface area contributed by atoms with Crippen molar-refractivity contribution in [3.05, 3.63) is 40.4 Å². The van der Waals surface area contributed by atoms with E-state index in [1.807, 2.05) is 6.20 Å². The summed E-state index contributed by atoms with van der Waals surface area (Å²) in [5.41, 5.74) is 4.14. The van der Waals surface area contributed by atoms with E-state index >= 15 is 0 Å². The molecule has 106 valence electrons. The van der Waals surface area contributed by atoms with Crippen LogP contribution in [0.2, 0.25) is 0 Å². The highest BCUT2D eigenvalue weighted by Crippen LogP contribution is 2.35. The van der Waals surface area contributed by atoms with Crippen LogP contribution in [0.15, 0.2) is 24.4 Å². The molecule has 0 spiro atoms. The van der Waals surface area contributed by atoms with Crippen LogP contribution in [0.4, 0.5) is 10.8 Å². The van der Waals surface area contributed by atoms with Crippen LogP contribution >= 0.6 is 11.3 Å². The van der Waals surface area contributed by atoms with Crippen molar-refractivity contribution in [2.45, 2.75) is 33.2 Å². The Balaban J connectivity index is 1.86. The van der Waals surface area contributed by atoms with Crippen LogP contribution in [-0.2, 0) is 13.0 Å². The maximum absolute atomic E-state index is 4.62. The maximum atomic E-state index is 4.62. The quantitative estimate of drug-likeness (QED) is 0.930. The van der Waals surface area contributed by atoms with E-state index in [1.165, 1.54) is 34.5 Å². The summed E-state index contributed by atoms with van der Waals surface area (Å²) in [6, 6.07) is 6.76. The number of benzene rings is 1. The molecule has 1 N–H and O–H groups in total. The molecule has 0 saturated heterocycles. The molecule has 1 aliphatic rings. The molecule has 0 unspecified atom stereocenters. The minimum Gasteiger partial charge on any atom is -0.318 e. The second-order valence-electron chi connectivity index (χ2n) is 5.28.